The van der Waals surface area contributed by atoms with Gasteiger partial charge in [-0.25, -0.2) is 13.6 Å². The first kappa shape index (κ1) is 15.1. The lowest BCUT2D eigenvalue weighted by Crippen LogP contribution is -2.12. The Morgan fingerprint density at radius 3 is 2.20 bits per heavy atom. The summed E-state index contributed by atoms with van der Waals surface area (Å²) in [6, 6.07) is 11.6. The molecule has 0 unspecified atom stereocenters. The molecule has 0 aliphatic carbocycles. The van der Waals surface area contributed by atoms with E-state index in [1.165, 1.54) is 12.1 Å². The molecular weight excluding hydrogens is 319 g/mol. The average Bonchev–Trinajstić information content (AvgIpc) is 2.40. The van der Waals surface area contributed by atoms with Gasteiger partial charge in [-0.3, -0.25) is 0 Å². The number of hydrogen-bond acceptors (Lipinski definition) is 3. The maximum absolute atomic E-state index is 11.1. The normalized spacial score (nSPS) is 11.3. The van der Waals surface area contributed by atoms with Crippen molar-refractivity contribution in [3.8, 4) is 0 Å². The van der Waals surface area contributed by atoms with E-state index in [1.807, 2.05) is 6.07 Å². The number of anilines is 1. The fraction of sp³-hybridized carbons (Fsp3) is 0.0769. The van der Waals surface area contributed by atoms with E-state index >= 15 is 0 Å². The number of halogens is 2. The molecule has 0 aliphatic rings. The first-order valence-electron chi connectivity index (χ1n) is 5.67. The van der Waals surface area contributed by atoms with Crippen LogP contribution >= 0.6 is 23.2 Å². The lowest BCUT2D eigenvalue weighted by molar-refractivity contribution is 0.598. The zero-order chi connectivity index (χ0) is 14.8. The molecule has 0 saturated carbocycles. The smallest absolute Gasteiger partial charge is 0.238 e. The summed E-state index contributed by atoms with van der Waals surface area (Å²) in [4.78, 5) is 0.0811. The quantitative estimate of drug-likeness (QED) is 0.903. The van der Waals surface area contributed by atoms with Gasteiger partial charge in [-0.15, -0.1) is 0 Å². The van der Waals surface area contributed by atoms with Crippen LogP contribution in [-0.4, -0.2) is 8.42 Å². The summed E-state index contributed by atoms with van der Waals surface area (Å²) in [5, 5.41) is 9.18. The molecule has 2 rings (SSSR count). The van der Waals surface area contributed by atoms with Crippen molar-refractivity contribution in [1.82, 2.24) is 0 Å². The van der Waals surface area contributed by atoms with Gasteiger partial charge < -0.3 is 5.32 Å². The molecule has 2 aromatic rings. The third-order valence-corrected chi connectivity index (χ3v) is 4.33. The van der Waals surface area contributed by atoms with Gasteiger partial charge in [-0.1, -0.05) is 29.3 Å². The molecule has 0 spiro atoms. The first-order valence-corrected chi connectivity index (χ1v) is 7.97. The van der Waals surface area contributed by atoms with Crippen molar-refractivity contribution in [3.05, 3.63) is 58.1 Å². The Morgan fingerprint density at radius 1 is 1.00 bits per heavy atom. The Hall–Kier alpha value is -1.27. The van der Waals surface area contributed by atoms with Crippen LogP contribution in [0.1, 0.15) is 5.56 Å². The zero-order valence-electron chi connectivity index (χ0n) is 10.3. The van der Waals surface area contributed by atoms with Gasteiger partial charge in [0.25, 0.3) is 0 Å². The molecule has 0 heterocycles. The number of primary sulfonamides is 1. The summed E-state index contributed by atoms with van der Waals surface area (Å²) in [5.74, 6) is 0. The van der Waals surface area contributed by atoms with E-state index in [9.17, 15) is 8.42 Å². The predicted octanol–water partition coefficient (Wildman–Crippen LogP) is 3.25. The monoisotopic (exact) mass is 330 g/mol. The lowest BCUT2D eigenvalue weighted by Gasteiger charge is -2.08. The standard InChI is InChI=1S/C13H12Cl2N2O2S/c14-12-6-1-9(7-13(12)15)8-17-10-2-4-11(5-3-10)20(16,18)19/h1-7,17H,8H2,(H2,16,18,19). The van der Waals surface area contributed by atoms with Gasteiger partial charge in [0.2, 0.25) is 10.0 Å². The Labute approximate surface area is 127 Å². The topological polar surface area (TPSA) is 72.2 Å². The lowest BCUT2D eigenvalue weighted by atomic mass is 10.2. The van der Waals surface area contributed by atoms with Gasteiger partial charge in [0, 0.05) is 12.2 Å². The summed E-state index contributed by atoms with van der Waals surface area (Å²) in [5.41, 5.74) is 1.75. The van der Waals surface area contributed by atoms with Crippen LogP contribution in [0.25, 0.3) is 0 Å². The number of nitrogens with two attached hydrogens (primary N) is 1. The van der Waals surface area contributed by atoms with E-state index < -0.39 is 10.0 Å². The molecule has 0 fully saturated rings. The van der Waals surface area contributed by atoms with E-state index in [-0.39, 0.29) is 4.90 Å². The molecule has 0 amide bonds. The van der Waals surface area contributed by atoms with Crippen LogP contribution in [0.4, 0.5) is 5.69 Å². The van der Waals surface area contributed by atoms with Gasteiger partial charge in [0.1, 0.15) is 0 Å². The second-order valence-corrected chi connectivity index (χ2v) is 6.55. The minimum absolute atomic E-state index is 0.0811. The van der Waals surface area contributed by atoms with Crippen molar-refractivity contribution >= 4 is 38.9 Å². The average molecular weight is 331 g/mol. The molecule has 4 nitrogen and oxygen atoms in total. The molecule has 0 aliphatic heterocycles. The summed E-state index contributed by atoms with van der Waals surface area (Å²) < 4.78 is 22.2. The van der Waals surface area contributed by atoms with Gasteiger partial charge >= 0.3 is 0 Å². The van der Waals surface area contributed by atoms with Crippen molar-refractivity contribution in [2.24, 2.45) is 5.14 Å². The molecular formula is C13H12Cl2N2O2S. The largest absolute Gasteiger partial charge is 0.381 e. The number of benzene rings is 2. The summed E-state index contributed by atoms with van der Waals surface area (Å²) >= 11 is 11.8. The number of hydrogen-bond donors (Lipinski definition) is 2. The highest BCUT2D eigenvalue weighted by atomic mass is 35.5. The SMILES string of the molecule is NS(=O)(=O)c1ccc(NCc2ccc(Cl)c(Cl)c2)cc1. The summed E-state index contributed by atoms with van der Waals surface area (Å²) in [6.07, 6.45) is 0. The van der Waals surface area contributed by atoms with Crippen molar-refractivity contribution in [1.29, 1.82) is 0 Å². The molecule has 0 atom stereocenters. The summed E-state index contributed by atoms with van der Waals surface area (Å²) in [7, 11) is -3.66. The van der Waals surface area contributed by atoms with E-state index in [0.29, 0.717) is 16.6 Å². The Bertz CT molecular complexity index is 716. The molecule has 7 heteroatoms. The second-order valence-electron chi connectivity index (χ2n) is 4.17. The molecule has 3 N–H and O–H groups in total. The maximum atomic E-state index is 11.1. The Balaban J connectivity index is 2.06. The molecule has 0 bridgehead atoms. The van der Waals surface area contributed by atoms with Crippen molar-refractivity contribution in [3.63, 3.8) is 0 Å². The van der Waals surface area contributed by atoms with E-state index in [2.05, 4.69) is 5.32 Å². The van der Waals surface area contributed by atoms with Crippen LogP contribution < -0.4 is 10.5 Å². The number of rotatable bonds is 4. The summed E-state index contributed by atoms with van der Waals surface area (Å²) in [6.45, 7) is 0.547. The zero-order valence-corrected chi connectivity index (χ0v) is 12.6. The Kier molecular flexibility index (Phi) is 4.55. The van der Waals surface area contributed by atoms with E-state index in [1.54, 1.807) is 24.3 Å². The van der Waals surface area contributed by atoms with E-state index in [4.69, 9.17) is 28.3 Å². The molecule has 20 heavy (non-hydrogen) atoms. The first-order chi connectivity index (χ1) is 9.36. The van der Waals surface area contributed by atoms with Crippen molar-refractivity contribution in [2.75, 3.05) is 5.32 Å². The molecule has 106 valence electrons. The van der Waals surface area contributed by atoms with Crippen LogP contribution in [0, 0.1) is 0 Å². The van der Waals surface area contributed by atoms with Crippen LogP contribution in [0.5, 0.6) is 0 Å². The third kappa shape index (κ3) is 3.86. The molecule has 0 radical (unpaired) electrons. The number of nitrogens with one attached hydrogen (secondary N) is 1. The minimum atomic E-state index is -3.66. The number of sulfonamides is 1. The predicted molar refractivity (Wildman–Crippen MR) is 81.6 cm³/mol. The van der Waals surface area contributed by atoms with Gasteiger partial charge in [0.15, 0.2) is 0 Å². The van der Waals surface area contributed by atoms with Crippen LogP contribution in [-0.2, 0) is 16.6 Å². The third-order valence-electron chi connectivity index (χ3n) is 2.66. The second kappa shape index (κ2) is 6.01. The van der Waals surface area contributed by atoms with Crippen LogP contribution in [0.15, 0.2) is 47.4 Å². The highest BCUT2D eigenvalue weighted by Crippen LogP contribution is 2.23. The molecule has 2 aromatic carbocycles. The van der Waals surface area contributed by atoms with Gasteiger partial charge in [0.05, 0.1) is 14.9 Å². The van der Waals surface area contributed by atoms with Gasteiger partial charge in [-0.05, 0) is 42.0 Å². The van der Waals surface area contributed by atoms with E-state index in [0.717, 1.165) is 11.3 Å². The highest BCUT2D eigenvalue weighted by molar-refractivity contribution is 7.89. The minimum Gasteiger partial charge on any atom is -0.381 e. The van der Waals surface area contributed by atoms with Crippen molar-refractivity contribution < 1.29 is 8.42 Å². The Morgan fingerprint density at radius 2 is 1.65 bits per heavy atom. The van der Waals surface area contributed by atoms with Crippen LogP contribution in [0.3, 0.4) is 0 Å². The van der Waals surface area contributed by atoms with Crippen molar-refractivity contribution in [2.45, 2.75) is 11.4 Å². The molecule has 0 saturated heterocycles. The van der Waals surface area contributed by atoms with Crippen LogP contribution in [0.2, 0.25) is 10.0 Å². The highest BCUT2D eigenvalue weighted by Gasteiger charge is 2.06. The maximum Gasteiger partial charge on any atom is 0.238 e. The molecule has 0 aromatic heterocycles. The van der Waals surface area contributed by atoms with Gasteiger partial charge in [-0.2, -0.15) is 0 Å². The fourth-order valence-electron chi connectivity index (χ4n) is 1.62. The fourth-order valence-corrected chi connectivity index (χ4v) is 2.45.